The lowest BCUT2D eigenvalue weighted by Gasteiger charge is -2.23. The fourth-order valence-corrected chi connectivity index (χ4v) is 2.37. The number of para-hydroxylation sites is 1. The van der Waals surface area contributed by atoms with E-state index in [4.69, 9.17) is 21.1 Å². The van der Waals surface area contributed by atoms with Gasteiger partial charge in [0.2, 0.25) is 0 Å². The summed E-state index contributed by atoms with van der Waals surface area (Å²) in [5, 5.41) is 6.22. The zero-order valence-corrected chi connectivity index (χ0v) is 13.1. The van der Waals surface area contributed by atoms with Crippen molar-refractivity contribution in [1.29, 1.82) is 0 Å². The van der Waals surface area contributed by atoms with Crippen molar-refractivity contribution >= 4 is 23.3 Å². The van der Waals surface area contributed by atoms with Crippen molar-refractivity contribution < 1.29 is 14.3 Å². The molecule has 116 valence electrons. The maximum atomic E-state index is 12.1. The second-order valence-corrected chi connectivity index (χ2v) is 5.68. The highest BCUT2D eigenvalue weighted by Gasteiger charge is 2.18. The molecule has 2 rings (SSSR count). The summed E-state index contributed by atoms with van der Waals surface area (Å²) in [6.07, 6.45) is 1.64. The number of ether oxygens (including phenoxy) is 2. The fraction of sp³-hybridized carbons (Fsp3) is 0.533. The van der Waals surface area contributed by atoms with Gasteiger partial charge in [-0.3, -0.25) is 0 Å². The van der Waals surface area contributed by atoms with Crippen LogP contribution in [0.1, 0.15) is 26.7 Å². The molecule has 1 aliphatic heterocycles. The summed E-state index contributed by atoms with van der Waals surface area (Å²) in [5.74, 6) is 0.497. The van der Waals surface area contributed by atoms with E-state index in [2.05, 4.69) is 10.6 Å². The van der Waals surface area contributed by atoms with Gasteiger partial charge in [0.1, 0.15) is 0 Å². The summed E-state index contributed by atoms with van der Waals surface area (Å²) in [7, 11) is 0. The van der Waals surface area contributed by atoms with E-state index in [1.165, 1.54) is 0 Å². The molecule has 2 amide bonds. The van der Waals surface area contributed by atoms with Gasteiger partial charge in [-0.25, -0.2) is 4.79 Å². The van der Waals surface area contributed by atoms with Gasteiger partial charge in [0.25, 0.3) is 0 Å². The lowest BCUT2D eigenvalue weighted by molar-refractivity contribution is 0.0806. The standard InChI is InChI=1S/C15H21ClN2O3/c1-10(2)21-14-12(16)4-3-5-13(14)18-15(19)17-11-6-8-20-9-7-11/h3-5,10-11H,6-9H2,1-2H3,(H2,17,18,19). The number of carbonyl (C=O) groups excluding carboxylic acids is 1. The zero-order chi connectivity index (χ0) is 15.2. The van der Waals surface area contributed by atoms with Crippen LogP contribution in [0.25, 0.3) is 0 Å². The van der Waals surface area contributed by atoms with Crippen LogP contribution < -0.4 is 15.4 Å². The van der Waals surface area contributed by atoms with E-state index in [-0.39, 0.29) is 18.2 Å². The van der Waals surface area contributed by atoms with Gasteiger partial charge >= 0.3 is 6.03 Å². The Kier molecular flexibility index (Phi) is 5.70. The Morgan fingerprint density at radius 2 is 2.10 bits per heavy atom. The summed E-state index contributed by atoms with van der Waals surface area (Å²) in [6.45, 7) is 5.19. The van der Waals surface area contributed by atoms with E-state index in [1.807, 2.05) is 13.8 Å². The molecule has 0 bridgehead atoms. The Morgan fingerprint density at radius 3 is 2.76 bits per heavy atom. The van der Waals surface area contributed by atoms with Crippen molar-refractivity contribution in [2.45, 2.75) is 38.8 Å². The largest absolute Gasteiger partial charge is 0.487 e. The molecule has 21 heavy (non-hydrogen) atoms. The lowest BCUT2D eigenvalue weighted by Crippen LogP contribution is -2.41. The van der Waals surface area contributed by atoms with Crippen molar-refractivity contribution in [2.24, 2.45) is 0 Å². The first-order chi connectivity index (χ1) is 10.1. The molecule has 0 unspecified atom stereocenters. The number of anilines is 1. The van der Waals surface area contributed by atoms with E-state index in [0.29, 0.717) is 29.7 Å². The van der Waals surface area contributed by atoms with Crippen molar-refractivity contribution in [1.82, 2.24) is 5.32 Å². The van der Waals surface area contributed by atoms with E-state index < -0.39 is 0 Å². The molecule has 0 saturated carbocycles. The molecule has 1 fully saturated rings. The smallest absolute Gasteiger partial charge is 0.319 e. The van der Waals surface area contributed by atoms with Crippen molar-refractivity contribution in [3.05, 3.63) is 23.2 Å². The summed E-state index contributed by atoms with van der Waals surface area (Å²) in [5.41, 5.74) is 0.570. The minimum atomic E-state index is -0.252. The molecule has 5 nitrogen and oxygen atoms in total. The average Bonchev–Trinajstić information content (AvgIpc) is 2.43. The van der Waals surface area contributed by atoms with E-state index >= 15 is 0 Å². The number of hydrogen-bond acceptors (Lipinski definition) is 3. The minimum Gasteiger partial charge on any atom is -0.487 e. The van der Waals surface area contributed by atoms with Crippen LogP contribution in [0.2, 0.25) is 5.02 Å². The van der Waals surface area contributed by atoms with Crippen LogP contribution in [0.5, 0.6) is 5.75 Å². The van der Waals surface area contributed by atoms with Crippen molar-refractivity contribution in [2.75, 3.05) is 18.5 Å². The van der Waals surface area contributed by atoms with Gasteiger partial charge in [-0.2, -0.15) is 0 Å². The third kappa shape index (κ3) is 4.79. The van der Waals surface area contributed by atoms with Gasteiger partial charge in [-0.1, -0.05) is 17.7 Å². The number of hydrogen-bond donors (Lipinski definition) is 2. The van der Waals surface area contributed by atoms with Crippen LogP contribution in [0.4, 0.5) is 10.5 Å². The quantitative estimate of drug-likeness (QED) is 0.895. The highest BCUT2D eigenvalue weighted by Crippen LogP contribution is 2.33. The van der Waals surface area contributed by atoms with Gasteiger partial charge < -0.3 is 20.1 Å². The Bertz CT molecular complexity index is 488. The summed E-state index contributed by atoms with van der Waals surface area (Å²) in [6, 6.07) is 5.18. The summed E-state index contributed by atoms with van der Waals surface area (Å²) >= 11 is 6.14. The van der Waals surface area contributed by atoms with Crippen LogP contribution in [-0.4, -0.2) is 31.4 Å². The second kappa shape index (κ2) is 7.52. The molecule has 1 aliphatic rings. The van der Waals surface area contributed by atoms with E-state index in [0.717, 1.165) is 12.8 Å². The van der Waals surface area contributed by atoms with Crippen LogP contribution in [0.15, 0.2) is 18.2 Å². The number of benzene rings is 1. The summed E-state index contributed by atoms with van der Waals surface area (Å²) in [4.78, 5) is 12.1. The van der Waals surface area contributed by atoms with E-state index in [1.54, 1.807) is 18.2 Å². The van der Waals surface area contributed by atoms with E-state index in [9.17, 15) is 4.79 Å². The molecule has 1 aromatic carbocycles. The zero-order valence-electron chi connectivity index (χ0n) is 12.3. The molecule has 2 N–H and O–H groups in total. The van der Waals surface area contributed by atoms with Crippen molar-refractivity contribution in [3.8, 4) is 5.75 Å². The third-order valence-corrected chi connectivity index (χ3v) is 3.42. The SMILES string of the molecule is CC(C)Oc1c(Cl)cccc1NC(=O)NC1CCOCC1. The van der Waals surface area contributed by atoms with Gasteiger partial charge in [-0.05, 0) is 38.8 Å². The number of nitrogens with one attached hydrogen (secondary N) is 2. The van der Waals surface area contributed by atoms with Gasteiger partial charge in [0.15, 0.2) is 5.75 Å². The first-order valence-electron chi connectivity index (χ1n) is 7.16. The van der Waals surface area contributed by atoms with Gasteiger partial charge in [0.05, 0.1) is 16.8 Å². The Morgan fingerprint density at radius 1 is 1.38 bits per heavy atom. The normalized spacial score (nSPS) is 15.8. The number of carbonyl (C=O) groups is 1. The Labute approximate surface area is 130 Å². The highest BCUT2D eigenvalue weighted by atomic mass is 35.5. The van der Waals surface area contributed by atoms with Crippen LogP contribution in [0, 0.1) is 0 Å². The van der Waals surface area contributed by atoms with Crippen LogP contribution in [-0.2, 0) is 4.74 Å². The highest BCUT2D eigenvalue weighted by molar-refractivity contribution is 6.32. The second-order valence-electron chi connectivity index (χ2n) is 5.27. The molecular weight excluding hydrogens is 292 g/mol. The maximum absolute atomic E-state index is 12.1. The van der Waals surface area contributed by atoms with Gasteiger partial charge in [-0.15, -0.1) is 0 Å². The van der Waals surface area contributed by atoms with Gasteiger partial charge in [0, 0.05) is 19.3 Å². The molecular formula is C15H21ClN2O3. The molecule has 1 aromatic rings. The molecule has 1 saturated heterocycles. The average molecular weight is 313 g/mol. The number of amides is 2. The number of rotatable bonds is 4. The topological polar surface area (TPSA) is 59.6 Å². The third-order valence-electron chi connectivity index (χ3n) is 3.13. The van der Waals surface area contributed by atoms with Crippen LogP contribution >= 0.6 is 11.6 Å². The first-order valence-corrected chi connectivity index (χ1v) is 7.54. The molecule has 0 spiro atoms. The fourth-order valence-electron chi connectivity index (χ4n) is 2.15. The molecule has 0 atom stereocenters. The number of halogens is 1. The molecule has 0 radical (unpaired) electrons. The number of urea groups is 1. The minimum absolute atomic E-state index is 0.0241. The van der Waals surface area contributed by atoms with Crippen LogP contribution in [0.3, 0.4) is 0 Å². The summed E-state index contributed by atoms with van der Waals surface area (Å²) < 4.78 is 10.9. The maximum Gasteiger partial charge on any atom is 0.319 e. The monoisotopic (exact) mass is 312 g/mol. The predicted octanol–water partition coefficient (Wildman–Crippen LogP) is 3.43. The molecule has 0 aliphatic carbocycles. The lowest BCUT2D eigenvalue weighted by atomic mass is 10.1. The van der Waals surface area contributed by atoms with Crippen molar-refractivity contribution in [3.63, 3.8) is 0 Å². The molecule has 6 heteroatoms. The predicted molar refractivity (Wildman–Crippen MR) is 83.2 cm³/mol. The Hall–Kier alpha value is -1.46. The Balaban J connectivity index is 2.01. The molecule has 1 heterocycles. The molecule has 0 aromatic heterocycles. The first kappa shape index (κ1) is 15.9.